The fourth-order valence-corrected chi connectivity index (χ4v) is 4.12. The van der Waals surface area contributed by atoms with Crippen LogP contribution >= 0.6 is 0 Å². The van der Waals surface area contributed by atoms with Gasteiger partial charge in [-0.05, 0) is 61.1 Å². The molecule has 1 fully saturated rings. The summed E-state index contributed by atoms with van der Waals surface area (Å²) >= 11 is 0. The van der Waals surface area contributed by atoms with Gasteiger partial charge in [0.15, 0.2) is 5.43 Å². The molecule has 0 radical (unpaired) electrons. The quantitative estimate of drug-likeness (QED) is 0.636. The van der Waals surface area contributed by atoms with E-state index in [1.54, 1.807) is 13.2 Å². The van der Waals surface area contributed by atoms with E-state index in [9.17, 15) is 14.7 Å². The van der Waals surface area contributed by atoms with Crippen LogP contribution in [0.4, 0.5) is 0 Å². The van der Waals surface area contributed by atoms with E-state index < -0.39 is 5.97 Å². The number of methoxy groups -OCH3 is 1. The zero-order valence-corrected chi connectivity index (χ0v) is 16.8. The zero-order chi connectivity index (χ0) is 20.7. The van der Waals surface area contributed by atoms with Crippen molar-refractivity contribution in [3.05, 3.63) is 74.6 Å². The molecule has 2 atom stereocenters. The molecule has 1 aliphatic carbocycles. The Kier molecular flexibility index (Phi) is 4.91. The van der Waals surface area contributed by atoms with Crippen molar-refractivity contribution in [1.82, 2.24) is 0 Å². The van der Waals surface area contributed by atoms with Crippen LogP contribution in [0.1, 0.15) is 64.4 Å². The van der Waals surface area contributed by atoms with Crippen LogP contribution in [0.25, 0.3) is 11.0 Å². The van der Waals surface area contributed by atoms with Crippen molar-refractivity contribution < 1.29 is 19.1 Å². The fourth-order valence-electron chi connectivity index (χ4n) is 4.12. The van der Waals surface area contributed by atoms with Crippen molar-refractivity contribution in [2.24, 2.45) is 0 Å². The van der Waals surface area contributed by atoms with Gasteiger partial charge in [0.1, 0.15) is 17.1 Å². The maximum Gasteiger partial charge on any atom is 0.335 e. The average molecular weight is 392 g/mol. The van der Waals surface area contributed by atoms with Gasteiger partial charge in [-0.25, -0.2) is 4.79 Å². The van der Waals surface area contributed by atoms with Crippen molar-refractivity contribution in [1.29, 1.82) is 0 Å². The first kappa shape index (κ1) is 19.2. The predicted molar refractivity (Wildman–Crippen MR) is 111 cm³/mol. The van der Waals surface area contributed by atoms with Gasteiger partial charge in [-0.3, -0.25) is 4.79 Å². The Morgan fingerprint density at radius 1 is 1.21 bits per heavy atom. The molecule has 29 heavy (non-hydrogen) atoms. The van der Waals surface area contributed by atoms with Crippen LogP contribution in [-0.2, 0) is 6.42 Å². The first-order valence-corrected chi connectivity index (χ1v) is 9.92. The number of hydrogen-bond acceptors (Lipinski definition) is 4. The highest BCUT2D eigenvalue weighted by Crippen LogP contribution is 2.57. The summed E-state index contributed by atoms with van der Waals surface area (Å²) in [6, 6.07) is 10.7. The van der Waals surface area contributed by atoms with Crippen LogP contribution in [-0.4, -0.2) is 18.2 Å². The van der Waals surface area contributed by atoms with Gasteiger partial charge in [0.05, 0.1) is 18.1 Å². The maximum absolute atomic E-state index is 13.2. The van der Waals surface area contributed by atoms with Crippen LogP contribution in [0.2, 0.25) is 0 Å². The van der Waals surface area contributed by atoms with Gasteiger partial charge in [0, 0.05) is 11.5 Å². The van der Waals surface area contributed by atoms with Crippen molar-refractivity contribution in [3.8, 4) is 5.75 Å². The molecule has 4 rings (SSSR count). The van der Waals surface area contributed by atoms with E-state index in [4.69, 9.17) is 9.15 Å². The fraction of sp³-hybridized carbons (Fsp3) is 0.333. The minimum absolute atomic E-state index is 0.0914. The molecule has 1 aliphatic rings. The standard InChI is InChI=1S/C24H24O5/c1-4-5-16-22(25)19-11-14(24(26)27)7-9-20(19)29-23(16)18-12-17(18)15-8-6-13(2)10-21(15)28-3/h6-11,17-18H,4-5,12H2,1-3H3,(H,26,27). The molecule has 150 valence electrons. The number of carbonyl (C=O) groups is 1. The minimum Gasteiger partial charge on any atom is -0.496 e. The summed E-state index contributed by atoms with van der Waals surface area (Å²) in [6.45, 7) is 4.05. The van der Waals surface area contributed by atoms with Gasteiger partial charge in [0.25, 0.3) is 0 Å². The Morgan fingerprint density at radius 2 is 2.00 bits per heavy atom. The van der Waals surface area contributed by atoms with Crippen molar-refractivity contribution >= 4 is 16.9 Å². The van der Waals surface area contributed by atoms with Gasteiger partial charge in [0.2, 0.25) is 0 Å². The molecule has 0 aliphatic heterocycles. The molecular weight excluding hydrogens is 368 g/mol. The summed E-state index contributed by atoms with van der Waals surface area (Å²) in [5.41, 5.74) is 3.36. The summed E-state index contributed by atoms with van der Waals surface area (Å²) in [5, 5.41) is 9.58. The first-order valence-electron chi connectivity index (χ1n) is 9.92. The molecule has 1 saturated carbocycles. The molecule has 0 bridgehead atoms. The third-order valence-electron chi connectivity index (χ3n) is 5.68. The van der Waals surface area contributed by atoms with Crippen LogP contribution in [0.15, 0.2) is 45.6 Å². The molecule has 5 nitrogen and oxygen atoms in total. The summed E-state index contributed by atoms with van der Waals surface area (Å²) in [4.78, 5) is 24.5. The highest BCUT2D eigenvalue weighted by molar-refractivity contribution is 5.92. The topological polar surface area (TPSA) is 76.7 Å². The zero-order valence-electron chi connectivity index (χ0n) is 16.8. The molecule has 5 heteroatoms. The number of aryl methyl sites for hydroxylation is 1. The minimum atomic E-state index is -1.05. The highest BCUT2D eigenvalue weighted by Gasteiger charge is 2.44. The lowest BCUT2D eigenvalue weighted by Gasteiger charge is -2.12. The van der Waals surface area contributed by atoms with Crippen LogP contribution < -0.4 is 10.2 Å². The third-order valence-corrected chi connectivity index (χ3v) is 5.68. The molecule has 0 saturated heterocycles. The van der Waals surface area contributed by atoms with Gasteiger partial charge < -0.3 is 14.3 Å². The SMILES string of the molecule is CCCc1c(C2CC2c2ccc(C)cc2OC)oc2ccc(C(=O)O)cc2c1=O. The second kappa shape index (κ2) is 7.39. The molecule has 0 spiro atoms. The Labute approximate surface area is 168 Å². The summed E-state index contributed by atoms with van der Waals surface area (Å²) in [6.07, 6.45) is 2.32. The predicted octanol–water partition coefficient (Wildman–Crippen LogP) is 5.03. The number of carboxylic acid groups (broad SMARTS) is 1. The van der Waals surface area contributed by atoms with Crippen LogP contribution in [0, 0.1) is 6.92 Å². The smallest absolute Gasteiger partial charge is 0.335 e. The molecule has 2 unspecified atom stereocenters. The number of carboxylic acids is 1. The highest BCUT2D eigenvalue weighted by atomic mass is 16.5. The molecule has 3 aromatic rings. The first-order chi connectivity index (χ1) is 13.9. The average Bonchev–Trinajstić information content (AvgIpc) is 3.50. The van der Waals surface area contributed by atoms with E-state index in [0.29, 0.717) is 23.0 Å². The number of rotatable bonds is 6. The summed E-state index contributed by atoms with van der Waals surface area (Å²) < 4.78 is 11.8. The van der Waals surface area contributed by atoms with E-state index in [2.05, 4.69) is 12.1 Å². The number of ether oxygens (including phenoxy) is 1. The molecule has 1 heterocycles. The van der Waals surface area contributed by atoms with Crippen LogP contribution in [0.3, 0.4) is 0 Å². The molecule has 1 aromatic heterocycles. The molecule has 0 amide bonds. The number of benzene rings is 2. The Hall–Kier alpha value is -3.08. The molecule has 2 aromatic carbocycles. The lowest BCUT2D eigenvalue weighted by molar-refractivity contribution is 0.0697. The van der Waals surface area contributed by atoms with E-state index in [-0.39, 0.29) is 22.8 Å². The van der Waals surface area contributed by atoms with E-state index >= 15 is 0 Å². The second-order valence-corrected chi connectivity index (χ2v) is 7.73. The Bertz CT molecular complexity index is 1160. The van der Waals surface area contributed by atoms with Gasteiger partial charge in [-0.1, -0.05) is 25.5 Å². The lowest BCUT2D eigenvalue weighted by atomic mass is 9.99. The lowest BCUT2D eigenvalue weighted by Crippen LogP contribution is -2.13. The van der Waals surface area contributed by atoms with Crippen LogP contribution in [0.5, 0.6) is 5.75 Å². The van der Waals surface area contributed by atoms with Gasteiger partial charge >= 0.3 is 5.97 Å². The molecule has 1 N–H and O–H groups in total. The number of aromatic carboxylic acids is 1. The summed E-state index contributed by atoms with van der Waals surface area (Å²) in [7, 11) is 1.67. The van der Waals surface area contributed by atoms with Crippen molar-refractivity contribution in [2.75, 3.05) is 7.11 Å². The monoisotopic (exact) mass is 392 g/mol. The van der Waals surface area contributed by atoms with E-state index in [0.717, 1.165) is 35.5 Å². The Morgan fingerprint density at radius 3 is 2.69 bits per heavy atom. The summed E-state index contributed by atoms with van der Waals surface area (Å²) in [5.74, 6) is 0.925. The maximum atomic E-state index is 13.2. The normalized spacial score (nSPS) is 18.0. The number of fused-ring (bicyclic) bond motifs is 1. The van der Waals surface area contributed by atoms with Crippen molar-refractivity contribution in [3.63, 3.8) is 0 Å². The second-order valence-electron chi connectivity index (χ2n) is 7.73. The van der Waals surface area contributed by atoms with Crippen molar-refractivity contribution in [2.45, 2.75) is 44.9 Å². The van der Waals surface area contributed by atoms with Gasteiger partial charge in [-0.15, -0.1) is 0 Å². The number of hydrogen-bond donors (Lipinski definition) is 1. The van der Waals surface area contributed by atoms with E-state index in [1.807, 2.05) is 19.9 Å². The Balaban J connectivity index is 1.80. The van der Waals surface area contributed by atoms with Gasteiger partial charge in [-0.2, -0.15) is 0 Å². The third kappa shape index (κ3) is 3.41. The van der Waals surface area contributed by atoms with E-state index in [1.165, 1.54) is 12.1 Å². The largest absolute Gasteiger partial charge is 0.496 e. The molecular formula is C24H24O5.